The average Bonchev–Trinajstić information content (AvgIpc) is 2.49. The highest BCUT2D eigenvalue weighted by Gasteiger charge is 2.10. The average molecular weight is 364 g/mol. The number of hydrogen-bond donors (Lipinski definition) is 4. The molecule has 0 aliphatic carbocycles. The van der Waals surface area contributed by atoms with Crippen molar-refractivity contribution in [2.24, 2.45) is 0 Å². The van der Waals surface area contributed by atoms with Crippen LogP contribution in [0.2, 0.25) is 0 Å². The Hall–Kier alpha value is -2.32. The van der Waals surface area contributed by atoms with Crippen LogP contribution in [0.5, 0.6) is 11.5 Å². The number of amides is 2. The van der Waals surface area contributed by atoms with Gasteiger partial charge in [0.1, 0.15) is 11.5 Å². The molecule has 0 saturated heterocycles. The van der Waals surface area contributed by atoms with Gasteiger partial charge in [-0.3, -0.25) is 9.59 Å². The molecule has 2 rings (SSSR count). The first kappa shape index (κ1) is 18.0. The van der Waals surface area contributed by atoms with Gasteiger partial charge >= 0.3 is 0 Å². The van der Waals surface area contributed by atoms with Gasteiger partial charge in [-0.05, 0) is 58.0 Å². The summed E-state index contributed by atoms with van der Waals surface area (Å²) in [7, 11) is 2.45. The van der Waals surface area contributed by atoms with Crippen molar-refractivity contribution in [2.75, 3.05) is 10.6 Å². The molecule has 0 spiro atoms. The van der Waals surface area contributed by atoms with Crippen LogP contribution in [0.1, 0.15) is 13.8 Å². The van der Waals surface area contributed by atoms with E-state index >= 15 is 0 Å². The summed E-state index contributed by atoms with van der Waals surface area (Å²) in [5.74, 6) is -0.270. The highest BCUT2D eigenvalue weighted by Crippen LogP contribution is 2.45. The van der Waals surface area contributed by atoms with Gasteiger partial charge in [-0.2, -0.15) is 0 Å². The van der Waals surface area contributed by atoms with Gasteiger partial charge in [0.15, 0.2) is 0 Å². The molecule has 2 amide bonds. The third-order valence-corrected chi connectivity index (χ3v) is 5.21. The van der Waals surface area contributed by atoms with Gasteiger partial charge in [0.25, 0.3) is 0 Å². The summed E-state index contributed by atoms with van der Waals surface area (Å²) in [5.41, 5.74) is 1.14. The summed E-state index contributed by atoms with van der Waals surface area (Å²) in [4.78, 5) is 23.3. The molecule has 0 aliphatic heterocycles. The van der Waals surface area contributed by atoms with E-state index in [2.05, 4.69) is 10.6 Å². The van der Waals surface area contributed by atoms with Gasteiger partial charge in [0.05, 0.1) is 9.79 Å². The predicted octanol–water partition coefficient (Wildman–Crippen LogP) is 3.81. The van der Waals surface area contributed by atoms with Gasteiger partial charge in [-0.15, -0.1) is 0 Å². The molecule has 0 aromatic heterocycles. The molecule has 0 aliphatic rings. The number of phenols is 2. The standard InChI is InChI=1S/C16H16N2O4S2/c1-9(19)17-11-3-5-13(21)15(7-11)23-24-16-8-12(18-10(2)20)4-6-14(16)22/h3-8,21-22H,1-2H3,(H,17,19)(H,18,20). The van der Waals surface area contributed by atoms with E-state index in [1.165, 1.54) is 47.6 Å². The lowest BCUT2D eigenvalue weighted by molar-refractivity contribution is -0.115. The summed E-state index contributed by atoms with van der Waals surface area (Å²) in [6.07, 6.45) is 0. The van der Waals surface area contributed by atoms with Crippen molar-refractivity contribution < 1.29 is 19.8 Å². The molecule has 2 aromatic carbocycles. The van der Waals surface area contributed by atoms with Gasteiger partial charge in [-0.25, -0.2) is 0 Å². The largest absolute Gasteiger partial charge is 0.507 e. The summed E-state index contributed by atoms with van der Waals surface area (Å²) in [5, 5.41) is 25.1. The zero-order valence-electron chi connectivity index (χ0n) is 13.0. The zero-order valence-corrected chi connectivity index (χ0v) is 14.6. The SMILES string of the molecule is CC(=O)Nc1ccc(O)c(SSc2cc(NC(C)=O)ccc2O)c1. The molecular formula is C16H16N2O4S2. The molecule has 4 N–H and O–H groups in total. The summed E-state index contributed by atoms with van der Waals surface area (Å²) < 4.78 is 0. The van der Waals surface area contributed by atoms with Crippen LogP contribution >= 0.6 is 21.6 Å². The molecule has 0 unspecified atom stereocenters. The summed E-state index contributed by atoms with van der Waals surface area (Å²) in [6.45, 7) is 2.81. The van der Waals surface area contributed by atoms with Gasteiger partial charge < -0.3 is 20.8 Å². The van der Waals surface area contributed by atoms with E-state index < -0.39 is 0 Å². The molecule has 0 heterocycles. The smallest absolute Gasteiger partial charge is 0.221 e. The zero-order chi connectivity index (χ0) is 17.7. The minimum absolute atomic E-state index is 0.0686. The van der Waals surface area contributed by atoms with E-state index in [0.29, 0.717) is 21.2 Å². The fourth-order valence-corrected chi connectivity index (χ4v) is 3.99. The third kappa shape index (κ3) is 5.10. The van der Waals surface area contributed by atoms with Crippen molar-refractivity contribution in [3.05, 3.63) is 36.4 Å². The van der Waals surface area contributed by atoms with Gasteiger partial charge in [0.2, 0.25) is 11.8 Å². The fourth-order valence-electron chi connectivity index (χ4n) is 1.81. The van der Waals surface area contributed by atoms with Crippen molar-refractivity contribution >= 4 is 44.8 Å². The van der Waals surface area contributed by atoms with E-state index in [0.717, 1.165) is 0 Å². The van der Waals surface area contributed by atoms with Crippen LogP contribution in [-0.2, 0) is 9.59 Å². The number of benzene rings is 2. The first-order valence-corrected chi connectivity index (χ1v) is 9.06. The quantitative estimate of drug-likeness (QED) is 0.476. The number of rotatable bonds is 5. The maximum atomic E-state index is 11.1. The van der Waals surface area contributed by atoms with Crippen LogP contribution < -0.4 is 10.6 Å². The molecule has 24 heavy (non-hydrogen) atoms. The van der Waals surface area contributed by atoms with Gasteiger partial charge in [-0.1, -0.05) is 0 Å². The molecule has 0 fully saturated rings. The molecular weight excluding hydrogens is 348 g/mol. The lowest BCUT2D eigenvalue weighted by atomic mass is 10.3. The predicted molar refractivity (Wildman–Crippen MR) is 96.5 cm³/mol. The Balaban J connectivity index is 2.15. The summed E-state index contributed by atoms with van der Waals surface area (Å²) in [6, 6.07) is 9.45. The van der Waals surface area contributed by atoms with Crippen LogP contribution in [-0.4, -0.2) is 22.0 Å². The molecule has 6 nitrogen and oxygen atoms in total. The number of anilines is 2. The van der Waals surface area contributed by atoms with Crippen LogP contribution in [0.3, 0.4) is 0 Å². The van der Waals surface area contributed by atoms with E-state index in [1.54, 1.807) is 24.3 Å². The van der Waals surface area contributed by atoms with Crippen LogP contribution in [0.4, 0.5) is 11.4 Å². The minimum atomic E-state index is -0.204. The van der Waals surface area contributed by atoms with Crippen molar-refractivity contribution in [2.45, 2.75) is 23.6 Å². The molecule has 2 aromatic rings. The summed E-state index contributed by atoms with van der Waals surface area (Å²) >= 11 is 0. The number of carbonyl (C=O) groups excluding carboxylic acids is 2. The van der Waals surface area contributed by atoms with Gasteiger partial charge in [0, 0.05) is 25.2 Å². The first-order valence-electron chi connectivity index (χ1n) is 6.91. The highest BCUT2D eigenvalue weighted by molar-refractivity contribution is 8.76. The van der Waals surface area contributed by atoms with Crippen LogP contribution in [0, 0.1) is 0 Å². The number of phenolic OH excluding ortho intramolecular Hbond substituents is 2. The monoisotopic (exact) mass is 364 g/mol. The number of aromatic hydroxyl groups is 2. The maximum Gasteiger partial charge on any atom is 0.221 e. The van der Waals surface area contributed by atoms with E-state index in [4.69, 9.17) is 0 Å². The molecule has 8 heteroatoms. The number of carbonyl (C=O) groups is 2. The second-order valence-electron chi connectivity index (χ2n) is 4.89. The Labute approximate surface area is 147 Å². The second kappa shape index (κ2) is 7.98. The normalized spacial score (nSPS) is 10.2. The van der Waals surface area contributed by atoms with Crippen molar-refractivity contribution in [3.8, 4) is 11.5 Å². The van der Waals surface area contributed by atoms with Crippen molar-refractivity contribution in [3.63, 3.8) is 0 Å². The van der Waals surface area contributed by atoms with Crippen molar-refractivity contribution in [1.82, 2.24) is 0 Å². The Kier molecular flexibility index (Phi) is 5.99. The lowest BCUT2D eigenvalue weighted by Gasteiger charge is -2.09. The Bertz CT molecular complexity index is 715. The van der Waals surface area contributed by atoms with E-state index in [1.807, 2.05) is 0 Å². The highest BCUT2D eigenvalue weighted by atomic mass is 33.1. The van der Waals surface area contributed by atoms with Crippen molar-refractivity contribution in [1.29, 1.82) is 0 Å². The topological polar surface area (TPSA) is 98.7 Å². The molecule has 0 bridgehead atoms. The lowest BCUT2D eigenvalue weighted by Crippen LogP contribution is -2.05. The maximum absolute atomic E-state index is 11.1. The van der Waals surface area contributed by atoms with E-state index in [-0.39, 0.29) is 23.3 Å². The third-order valence-electron chi connectivity index (χ3n) is 2.78. The Morgan fingerprint density at radius 3 is 1.50 bits per heavy atom. The minimum Gasteiger partial charge on any atom is -0.507 e. The number of nitrogens with one attached hydrogen (secondary N) is 2. The second-order valence-corrected chi connectivity index (χ2v) is 7.11. The Morgan fingerprint density at radius 2 is 1.17 bits per heavy atom. The Morgan fingerprint density at radius 1 is 0.792 bits per heavy atom. The molecule has 0 saturated carbocycles. The molecule has 0 radical (unpaired) electrons. The molecule has 0 atom stereocenters. The van der Waals surface area contributed by atoms with E-state index in [9.17, 15) is 19.8 Å². The number of hydrogen-bond acceptors (Lipinski definition) is 6. The van der Waals surface area contributed by atoms with Crippen LogP contribution in [0.25, 0.3) is 0 Å². The molecule has 126 valence electrons. The fraction of sp³-hybridized carbons (Fsp3) is 0.125. The van der Waals surface area contributed by atoms with Crippen LogP contribution in [0.15, 0.2) is 46.2 Å². The first-order chi connectivity index (χ1) is 11.3.